The third-order valence-corrected chi connectivity index (χ3v) is 4.91. The molecule has 0 atom stereocenters. The van der Waals surface area contributed by atoms with Crippen molar-refractivity contribution in [1.82, 2.24) is 14.9 Å². The van der Waals surface area contributed by atoms with Crippen molar-refractivity contribution < 1.29 is 15.1 Å². The van der Waals surface area contributed by atoms with Crippen LogP contribution >= 0.6 is 0 Å². The van der Waals surface area contributed by atoms with Crippen LogP contribution in [0.2, 0.25) is 0 Å². The molecule has 5 N–H and O–H groups in total. The second-order valence-corrected chi connectivity index (χ2v) is 7.30. The lowest BCUT2D eigenvalue weighted by Crippen LogP contribution is -2.19. The Morgan fingerprint density at radius 2 is 2.00 bits per heavy atom. The zero-order valence-electron chi connectivity index (χ0n) is 16.8. The standard InChI is InChI=1S/C22H23N5O3/c1-27(2)9-10-30-15-5-8-17-13(11-15)3-7-19(24-17)20-16-12-14(21(23)26-29)4-6-18(16)25-22(20)28/h3-8,11-12,25,28-29H,9-10H2,1-2H3,(H2,23,26). The SMILES string of the molecule is CN(C)CCOc1ccc2nc(-c3c(O)[nH]c4ccc(C(N)=NO)cc34)ccc2c1. The number of nitrogens with one attached hydrogen (secondary N) is 1. The lowest BCUT2D eigenvalue weighted by Gasteiger charge is -2.11. The number of hydrogen-bond acceptors (Lipinski definition) is 6. The van der Waals surface area contributed by atoms with Gasteiger partial charge in [0, 0.05) is 28.4 Å². The number of rotatable bonds is 6. The van der Waals surface area contributed by atoms with Crippen molar-refractivity contribution in [1.29, 1.82) is 0 Å². The predicted molar refractivity (Wildman–Crippen MR) is 117 cm³/mol. The Kier molecular flexibility index (Phi) is 5.16. The van der Waals surface area contributed by atoms with Crippen LogP contribution in [0.15, 0.2) is 53.7 Å². The van der Waals surface area contributed by atoms with E-state index in [0.29, 0.717) is 23.4 Å². The Balaban J connectivity index is 1.72. The van der Waals surface area contributed by atoms with E-state index in [1.54, 1.807) is 18.2 Å². The van der Waals surface area contributed by atoms with Gasteiger partial charge in [-0.3, -0.25) is 0 Å². The fourth-order valence-electron chi connectivity index (χ4n) is 3.33. The van der Waals surface area contributed by atoms with E-state index in [2.05, 4.69) is 15.0 Å². The lowest BCUT2D eigenvalue weighted by atomic mass is 10.0. The van der Waals surface area contributed by atoms with Crippen molar-refractivity contribution in [2.24, 2.45) is 10.9 Å². The van der Waals surface area contributed by atoms with E-state index in [-0.39, 0.29) is 11.7 Å². The van der Waals surface area contributed by atoms with E-state index in [0.717, 1.165) is 34.1 Å². The van der Waals surface area contributed by atoms with Crippen molar-refractivity contribution in [3.05, 3.63) is 54.1 Å². The predicted octanol–water partition coefficient (Wildman–Crippen LogP) is 3.12. The molecule has 0 bridgehead atoms. The summed E-state index contributed by atoms with van der Waals surface area (Å²) in [6.45, 7) is 1.44. The molecular formula is C22H23N5O3. The molecular weight excluding hydrogens is 382 g/mol. The van der Waals surface area contributed by atoms with Crippen molar-refractivity contribution in [3.8, 4) is 22.9 Å². The number of ether oxygens (including phenoxy) is 1. The number of nitrogens with two attached hydrogens (primary N) is 1. The highest BCUT2D eigenvalue weighted by molar-refractivity contribution is 6.05. The zero-order chi connectivity index (χ0) is 21.3. The number of aromatic amines is 1. The minimum Gasteiger partial charge on any atom is -0.494 e. The molecule has 0 aliphatic heterocycles. The minimum atomic E-state index is -0.00296. The fraction of sp³-hybridized carbons (Fsp3) is 0.182. The number of amidine groups is 1. The molecule has 0 saturated carbocycles. The number of aromatic hydroxyl groups is 1. The van der Waals surface area contributed by atoms with Crippen LogP contribution in [0.3, 0.4) is 0 Å². The fourth-order valence-corrected chi connectivity index (χ4v) is 3.33. The average Bonchev–Trinajstić information content (AvgIpc) is 3.07. The smallest absolute Gasteiger partial charge is 0.199 e. The van der Waals surface area contributed by atoms with E-state index >= 15 is 0 Å². The largest absolute Gasteiger partial charge is 0.494 e. The Labute approximate surface area is 173 Å². The van der Waals surface area contributed by atoms with Crippen molar-refractivity contribution >= 4 is 27.6 Å². The third kappa shape index (κ3) is 3.72. The van der Waals surface area contributed by atoms with Gasteiger partial charge >= 0.3 is 0 Å². The average molecular weight is 405 g/mol. The number of pyridine rings is 1. The molecule has 0 radical (unpaired) electrons. The molecule has 0 amide bonds. The van der Waals surface area contributed by atoms with Crippen LogP contribution in [0.25, 0.3) is 33.1 Å². The molecule has 0 saturated heterocycles. The van der Waals surface area contributed by atoms with E-state index in [1.807, 2.05) is 44.4 Å². The van der Waals surface area contributed by atoms with E-state index in [4.69, 9.17) is 20.7 Å². The van der Waals surface area contributed by atoms with E-state index in [9.17, 15) is 5.11 Å². The van der Waals surface area contributed by atoms with E-state index < -0.39 is 0 Å². The summed E-state index contributed by atoms with van der Waals surface area (Å²) in [5.74, 6) is 0.797. The molecule has 8 nitrogen and oxygen atoms in total. The van der Waals surface area contributed by atoms with Crippen LogP contribution < -0.4 is 10.5 Å². The molecule has 0 unspecified atom stereocenters. The molecule has 2 aromatic carbocycles. The summed E-state index contributed by atoms with van der Waals surface area (Å²) in [7, 11) is 4.01. The molecule has 0 aliphatic rings. The topological polar surface area (TPSA) is 120 Å². The molecule has 0 fully saturated rings. The summed E-state index contributed by atoms with van der Waals surface area (Å²) in [5.41, 5.74) is 8.95. The number of hydrogen-bond donors (Lipinski definition) is 4. The monoisotopic (exact) mass is 405 g/mol. The highest BCUT2D eigenvalue weighted by Crippen LogP contribution is 2.37. The molecule has 4 aromatic rings. The summed E-state index contributed by atoms with van der Waals surface area (Å²) in [6, 6.07) is 14.8. The first-order valence-electron chi connectivity index (χ1n) is 9.47. The maximum Gasteiger partial charge on any atom is 0.199 e. The van der Waals surface area contributed by atoms with Crippen LogP contribution in [0.5, 0.6) is 11.6 Å². The second-order valence-electron chi connectivity index (χ2n) is 7.30. The van der Waals surface area contributed by atoms with Gasteiger partial charge in [0.05, 0.1) is 16.8 Å². The summed E-state index contributed by atoms with van der Waals surface area (Å²) >= 11 is 0. The van der Waals surface area contributed by atoms with Crippen LogP contribution in [0, 0.1) is 0 Å². The molecule has 2 heterocycles. The highest BCUT2D eigenvalue weighted by atomic mass is 16.5. The van der Waals surface area contributed by atoms with Gasteiger partial charge in [0.2, 0.25) is 0 Å². The van der Waals surface area contributed by atoms with Gasteiger partial charge in [0.25, 0.3) is 0 Å². The van der Waals surface area contributed by atoms with Crippen LogP contribution in [0.4, 0.5) is 0 Å². The number of likely N-dealkylation sites (N-methyl/N-ethyl adjacent to an activating group) is 1. The quantitative estimate of drug-likeness (QED) is 0.169. The van der Waals surface area contributed by atoms with Crippen molar-refractivity contribution in [2.45, 2.75) is 0 Å². The molecule has 8 heteroatoms. The molecule has 2 aromatic heterocycles. The maximum atomic E-state index is 10.5. The zero-order valence-corrected chi connectivity index (χ0v) is 16.8. The normalized spacial score (nSPS) is 12.2. The first kappa shape index (κ1) is 19.5. The number of oxime groups is 1. The maximum absolute atomic E-state index is 10.5. The summed E-state index contributed by atoms with van der Waals surface area (Å²) in [5, 5.41) is 24.2. The number of H-pyrrole nitrogens is 1. The van der Waals surface area contributed by atoms with E-state index in [1.165, 1.54) is 0 Å². The number of benzene rings is 2. The molecule has 4 rings (SSSR count). The van der Waals surface area contributed by atoms with Crippen LogP contribution in [0.1, 0.15) is 5.56 Å². The molecule has 30 heavy (non-hydrogen) atoms. The van der Waals surface area contributed by atoms with Crippen LogP contribution in [-0.2, 0) is 0 Å². The van der Waals surface area contributed by atoms with Gasteiger partial charge in [-0.05, 0) is 56.6 Å². The minimum absolute atomic E-state index is 0.00296. The van der Waals surface area contributed by atoms with Gasteiger partial charge < -0.3 is 30.7 Å². The van der Waals surface area contributed by atoms with Gasteiger partial charge in [-0.1, -0.05) is 11.2 Å². The number of aromatic nitrogens is 2. The van der Waals surface area contributed by atoms with Gasteiger partial charge in [-0.2, -0.15) is 0 Å². The van der Waals surface area contributed by atoms with Crippen molar-refractivity contribution in [2.75, 3.05) is 27.2 Å². The summed E-state index contributed by atoms with van der Waals surface area (Å²) in [4.78, 5) is 9.73. The first-order chi connectivity index (χ1) is 14.5. The van der Waals surface area contributed by atoms with Gasteiger partial charge in [-0.15, -0.1) is 0 Å². The third-order valence-electron chi connectivity index (χ3n) is 4.91. The Hall–Kier alpha value is -3.78. The molecule has 0 aliphatic carbocycles. The van der Waals surface area contributed by atoms with Gasteiger partial charge in [0.15, 0.2) is 11.7 Å². The highest BCUT2D eigenvalue weighted by Gasteiger charge is 2.16. The van der Waals surface area contributed by atoms with Gasteiger partial charge in [0.1, 0.15) is 12.4 Å². The lowest BCUT2D eigenvalue weighted by molar-refractivity contribution is 0.261. The van der Waals surface area contributed by atoms with Crippen molar-refractivity contribution in [3.63, 3.8) is 0 Å². The molecule has 154 valence electrons. The Morgan fingerprint density at radius 3 is 2.77 bits per heavy atom. The molecule has 0 spiro atoms. The van der Waals surface area contributed by atoms with Crippen LogP contribution in [-0.4, -0.2) is 58.3 Å². The summed E-state index contributed by atoms with van der Waals surface area (Å²) in [6.07, 6.45) is 0. The second kappa shape index (κ2) is 7.92. The number of fused-ring (bicyclic) bond motifs is 2. The summed E-state index contributed by atoms with van der Waals surface area (Å²) < 4.78 is 5.79. The first-order valence-corrected chi connectivity index (χ1v) is 9.47. The number of nitrogens with zero attached hydrogens (tertiary/aromatic N) is 3. The Morgan fingerprint density at radius 1 is 1.17 bits per heavy atom. The van der Waals surface area contributed by atoms with Gasteiger partial charge in [-0.25, -0.2) is 4.98 Å². The Bertz CT molecular complexity index is 1250.